The van der Waals surface area contributed by atoms with Crippen LogP contribution in [0.25, 0.3) is 0 Å². The number of aliphatic hydroxyl groups is 2. The van der Waals surface area contributed by atoms with Gasteiger partial charge in [0.1, 0.15) is 0 Å². The Kier molecular flexibility index (Phi) is 8.15. The van der Waals surface area contributed by atoms with E-state index in [4.69, 9.17) is 9.57 Å². The Morgan fingerprint density at radius 1 is 1.06 bits per heavy atom. The SMILES string of the molecule is CC[C@@H]1C2C[C@H](O)CCC2(C)[C@H]2CCC3(C)[C@@H]([C@H](C)CCCOC(=O)N(C)OC)CC[C@H]3C2[C@@H]1O. The van der Waals surface area contributed by atoms with Gasteiger partial charge < -0.3 is 14.9 Å². The molecule has 6 heteroatoms. The van der Waals surface area contributed by atoms with Crippen molar-refractivity contribution in [3.8, 4) is 0 Å². The number of amides is 1. The summed E-state index contributed by atoms with van der Waals surface area (Å²) < 4.78 is 5.33. The van der Waals surface area contributed by atoms with Crippen LogP contribution in [-0.4, -0.2) is 54.3 Å². The minimum Gasteiger partial charge on any atom is -0.448 e. The summed E-state index contributed by atoms with van der Waals surface area (Å²) in [7, 11) is 3.01. The summed E-state index contributed by atoms with van der Waals surface area (Å²) in [6, 6.07) is 0. The average Bonchev–Trinajstić information content (AvgIpc) is 3.19. The van der Waals surface area contributed by atoms with Crippen LogP contribution in [0.4, 0.5) is 4.79 Å². The second-order valence-corrected chi connectivity index (χ2v) is 13.0. The topological polar surface area (TPSA) is 79.2 Å². The highest BCUT2D eigenvalue weighted by Crippen LogP contribution is 2.69. The first-order valence-corrected chi connectivity index (χ1v) is 14.4. The summed E-state index contributed by atoms with van der Waals surface area (Å²) in [5, 5.41) is 23.4. The summed E-state index contributed by atoms with van der Waals surface area (Å²) in [5.74, 6) is 3.59. The van der Waals surface area contributed by atoms with E-state index < -0.39 is 6.09 Å². The van der Waals surface area contributed by atoms with Gasteiger partial charge in [-0.2, -0.15) is 5.06 Å². The quantitative estimate of drug-likeness (QED) is 0.353. The molecule has 0 aliphatic heterocycles. The Labute approximate surface area is 213 Å². The van der Waals surface area contributed by atoms with Crippen LogP contribution in [0.3, 0.4) is 0 Å². The van der Waals surface area contributed by atoms with Crippen LogP contribution >= 0.6 is 0 Å². The Morgan fingerprint density at radius 2 is 1.74 bits per heavy atom. The van der Waals surface area contributed by atoms with Crippen LogP contribution in [0.5, 0.6) is 0 Å². The summed E-state index contributed by atoms with van der Waals surface area (Å²) >= 11 is 0. The highest BCUT2D eigenvalue weighted by molar-refractivity contribution is 5.65. The van der Waals surface area contributed by atoms with Crippen molar-refractivity contribution in [2.75, 3.05) is 20.8 Å². The van der Waals surface area contributed by atoms with Crippen molar-refractivity contribution >= 4 is 6.09 Å². The van der Waals surface area contributed by atoms with Crippen LogP contribution < -0.4 is 0 Å². The molecule has 0 saturated heterocycles. The molecule has 0 aromatic heterocycles. The number of ether oxygens (including phenoxy) is 1. The number of hydroxylamine groups is 2. The standard InChI is InChI=1S/C29H51NO5/c1-7-20-24-17-19(31)12-14-29(24,4)23-13-15-28(3)21(10-11-22(28)25(23)26(20)32)18(2)9-8-16-35-27(33)30(5)34-6/h18-26,31-32H,7-17H2,1-6H3/t18-,19-,20-,21-,22+,23+,24?,25?,26-,28?,29?/m1/s1. The van der Waals surface area contributed by atoms with Crippen molar-refractivity contribution in [1.82, 2.24) is 5.06 Å². The number of carbonyl (C=O) groups is 1. The predicted octanol–water partition coefficient (Wildman–Crippen LogP) is 5.66. The number of rotatable bonds is 7. The molecule has 0 spiro atoms. The molecule has 4 saturated carbocycles. The maximum Gasteiger partial charge on any atom is 0.433 e. The normalized spacial score (nSPS) is 45.7. The van der Waals surface area contributed by atoms with Crippen molar-refractivity contribution in [2.24, 2.45) is 52.3 Å². The molecule has 1 amide bonds. The van der Waals surface area contributed by atoms with Crippen molar-refractivity contribution < 1.29 is 24.6 Å². The molecule has 11 atom stereocenters. The molecule has 4 rings (SSSR count). The van der Waals surface area contributed by atoms with Crippen LogP contribution in [0.2, 0.25) is 0 Å². The van der Waals surface area contributed by atoms with E-state index in [9.17, 15) is 15.0 Å². The lowest BCUT2D eigenvalue weighted by molar-refractivity contribution is -0.203. The Morgan fingerprint density at radius 3 is 2.43 bits per heavy atom. The third kappa shape index (κ3) is 4.65. The minimum absolute atomic E-state index is 0.189. The number of fused-ring (bicyclic) bond motifs is 5. The fraction of sp³-hybridized carbons (Fsp3) is 0.966. The first-order valence-electron chi connectivity index (χ1n) is 14.4. The largest absolute Gasteiger partial charge is 0.448 e. The first-order chi connectivity index (χ1) is 16.6. The van der Waals surface area contributed by atoms with Crippen LogP contribution in [-0.2, 0) is 9.57 Å². The second kappa shape index (κ2) is 10.5. The van der Waals surface area contributed by atoms with Gasteiger partial charge >= 0.3 is 6.09 Å². The van der Waals surface area contributed by atoms with Gasteiger partial charge in [-0.3, -0.25) is 4.84 Å². The second-order valence-electron chi connectivity index (χ2n) is 13.0. The molecule has 0 aromatic rings. The molecule has 4 unspecified atom stereocenters. The van der Waals surface area contributed by atoms with E-state index in [1.807, 2.05) is 0 Å². The summed E-state index contributed by atoms with van der Waals surface area (Å²) in [5.41, 5.74) is 0.540. The molecule has 2 N–H and O–H groups in total. The number of nitrogens with zero attached hydrogens (tertiary/aromatic N) is 1. The number of aliphatic hydroxyl groups excluding tert-OH is 2. The van der Waals surface area contributed by atoms with Gasteiger partial charge in [0.25, 0.3) is 0 Å². The van der Waals surface area contributed by atoms with Gasteiger partial charge in [0.2, 0.25) is 0 Å². The molecule has 4 aliphatic rings. The molecule has 6 nitrogen and oxygen atoms in total. The average molecular weight is 494 g/mol. The third-order valence-electron chi connectivity index (χ3n) is 11.7. The third-order valence-corrected chi connectivity index (χ3v) is 11.7. The Balaban J connectivity index is 1.44. The zero-order valence-corrected chi connectivity index (χ0v) is 23.0. The summed E-state index contributed by atoms with van der Waals surface area (Å²) in [4.78, 5) is 16.7. The molecule has 4 aliphatic carbocycles. The number of hydrogen-bond acceptors (Lipinski definition) is 5. The summed E-state index contributed by atoms with van der Waals surface area (Å²) in [6.07, 6.45) is 9.96. The van der Waals surface area contributed by atoms with Gasteiger partial charge in [-0.05, 0) is 110 Å². The van der Waals surface area contributed by atoms with Crippen LogP contribution in [0.15, 0.2) is 0 Å². The van der Waals surface area contributed by atoms with E-state index in [1.54, 1.807) is 7.05 Å². The van der Waals surface area contributed by atoms with E-state index in [2.05, 4.69) is 27.7 Å². The lowest BCUT2D eigenvalue weighted by Crippen LogP contribution is -2.62. The lowest BCUT2D eigenvalue weighted by atomic mass is 9.41. The summed E-state index contributed by atoms with van der Waals surface area (Å²) in [6.45, 7) is 10.1. The zero-order valence-electron chi connectivity index (χ0n) is 23.0. The Hall–Kier alpha value is -0.850. The van der Waals surface area contributed by atoms with Crippen molar-refractivity contribution in [3.05, 3.63) is 0 Å². The zero-order chi connectivity index (χ0) is 25.5. The highest BCUT2D eigenvalue weighted by atomic mass is 16.7. The molecular formula is C29H51NO5. The van der Waals surface area contributed by atoms with Gasteiger partial charge in [-0.1, -0.05) is 34.1 Å². The monoisotopic (exact) mass is 493 g/mol. The molecule has 0 heterocycles. The minimum atomic E-state index is -0.440. The fourth-order valence-corrected chi connectivity index (χ4v) is 9.86. The molecular weight excluding hydrogens is 442 g/mol. The maximum atomic E-state index is 11.8. The van der Waals surface area contributed by atoms with E-state index in [0.717, 1.165) is 43.6 Å². The van der Waals surface area contributed by atoms with Crippen molar-refractivity contribution in [1.29, 1.82) is 0 Å². The molecule has 4 fully saturated rings. The van der Waals surface area contributed by atoms with Gasteiger partial charge in [-0.15, -0.1) is 0 Å². The smallest absolute Gasteiger partial charge is 0.433 e. The van der Waals surface area contributed by atoms with Gasteiger partial charge in [0.05, 0.1) is 25.9 Å². The van der Waals surface area contributed by atoms with Gasteiger partial charge in [0.15, 0.2) is 0 Å². The number of carbonyl (C=O) groups excluding carboxylic acids is 1. The van der Waals surface area contributed by atoms with E-state index in [1.165, 1.54) is 32.8 Å². The van der Waals surface area contributed by atoms with Crippen molar-refractivity contribution in [3.63, 3.8) is 0 Å². The maximum absolute atomic E-state index is 11.8. The van der Waals surface area contributed by atoms with E-state index in [0.29, 0.717) is 48.0 Å². The van der Waals surface area contributed by atoms with Gasteiger partial charge in [0, 0.05) is 7.05 Å². The van der Waals surface area contributed by atoms with E-state index in [-0.39, 0.29) is 23.0 Å². The molecule has 202 valence electrons. The molecule has 0 radical (unpaired) electrons. The molecule has 0 bridgehead atoms. The fourth-order valence-electron chi connectivity index (χ4n) is 9.86. The van der Waals surface area contributed by atoms with E-state index >= 15 is 0 Å². The van der Waals surface area contributed by atoms with Crippen LogP contribution in [0.1, 0.15) is 91.9 Å². The predicted molar refractivity (Wildman–Crippen MR) is 136 cm³/mol. The van der Waals surface area contributed by atoms with Crippen LogP contribution in [0, 0.1) is 52.3 Å². The van der Waals surface area contributed by atoms with Gasteiger partial charge in [-0.25, -0.2) is 4.79 Å². The number of hydrogen-bond donors (Lipinski definition) is 2. The first kappa shape index (κ1) is 27.2. The van der Waals surface area contributed by atoms with Crippen molar-refractivity contribution in [2.45, 2.75) is 104 Å². The molecule has 0 aromatic carbocycles. The highest BCUT2D eigenvalue weighted by Gasteiger charge is 2.64. The lowest BCUT2D eigenvalue weighted by Gasteiger charge is -2.64. The Bertz CT molecular complexity index is 747. The molecule has 35 heavy (non-hydrogen) atoms.